The van der Waals surface area contributed by atoms with Crippen LogP contribution in [0.5, 0.6) is 0 Å². The SMILES string of the molecule is NC1(c2cn3cc(Br)cnc3n2)CC1. The number of nitrogens with zero attached hydrogens (tertiary/aromatic N) is 3. The average molecular weight is 253 g/mol. The number of imidazole rings is 1. The minimum atomic E-state index is -0.180. The molecular weight excluding hydrogens is 244 g/mol. The first-order valence-corrected chi connectivity index (χ1v) is 5.26. The van der Waals surface area contributed by atoms with Crippen LogP contribution in [0.15, 0.2) is 23.1 Å². The van der Waals surface area contributed by atoms with Crippen LogP contribution in [0.1, 0.15) is 18.5 Å². The molecule has 0 unspecified atom stereocenters. The molecule has 2 heterocycles. The molecule has 5 heteroatoms. The summed E-state index contributed by atoms with van der Waals surface area (Å²) in [6.07, 6.45) is 7.68. The first kappa shape index (κ1) is 8.38. The molecule has 0 radical (unpaired) electrons. The van der Waals surface area contributed by atoms with Crippen molar-refractivity contribution in [1.82, 2.24) is 14.4 Å². The smallest absolute Gasteiger partial charge is 0.234 e. The zero-order valence-corrected chi connectivity index (χ0v) is 9.03. The maximum Gasteiger partial charge on any atom is 0.234 e. The summed E-state index contributed by atoms with van der Waals surface area (Å²) in [6.45, 7) is 0. The van der Waals surface area contributed by atoms with Crippen molar-refractivity contribution in [2.24, 2.45) is 5.73 Å². The van der Waals surface area contributed by atoms with Gasteiger partial charge in [0.05, 0.1) is 15.7 Å². The van der Waals surface area contributed by atoms with E-state index in [-0.39, 0.29) is 5.54 Å². The first-order valence-electron chi connectivity index (χ1n) is 4.47. The van der Waals surface area contributed by atoms with Crippen molar-refractivity contribution in [3.05, 3.63) is 28.8 Å². The zero-order chi connectivity index (χ0) is 9.76. The number of halogens is 1. The fraction of sp³-hybridized carbons (Fsp3) is 0.333. The van der Waals surface area contributed by atoms with Crippen molar-refractivity contribution in [3.63, 3.8) is 0 Å². The topological polar surface area (TPSA) is 56.2 Å². The van der Waals surface area contributed by atoms with Crippen LogP contribution in [0.25, 0.3) is 5.78 Å². The lowest BCUT2D eigenvalue weighted by atomic mass is 10.2. The van der Waals surface area contributed by atoms with Crippen molar-refractivity contribution in [1.29, 1.82) is 0 Å². The molecule has 1 saturated carbocycles. The van der Waals surface area contributed by atoms with Gasteiger partial charge in [0.15, 0.2) is 0 Å². The zero-order valence-electron chi connectivity index (χ0n) is 7.44. The van der Waals surface area contributed by atoms with Gasteiger partial charge in [-0.05, 0) is 28.8 Å². The molecule has 0 aromatic carbocycles. The Balaban J connectivity index is 2.20. The van der Waals surface area contributed by atoms with E-state index in [4.69, 9.17) is 5.73 Å². The van der Waals surface area contributed by atoms with Crippen LogP contribution >= 0.6 is 15.9 Å². The lowest BCUT2D eigenvalue weighted by Crippen LogP contribution is -2.18. The summed E-state index contributed by atoms with van der Waals surface area (Å²) in [6, 6.07) is 0. The number of fused-ring (bicyclic) bond motifs is 1. The number of hydrogen-bond acceptors (Lipinski definition) is 3. The second kappa shape index (κ2) is 2.55. The summed E-state index contributed by atoms with van der Waals surface area (Å²) >= 11 is 3.37. The molecule has 72 valence electrons. The van der Waals surface area contributed by atoms with Crippen LogP contribution in [0.4, 0.5) is 0 Å². The van der Waals surface area contributed by atoms with Crippen LogP contribution in [0.2, 0.25) is 0 Å². The molecule has 1 aliphatic rings. The number of nitrogens with two attached hydrogens (primary N) is 1. The predicted octanol–water partition coefficient (Wildman–Crippen LogP) is 1.44. The molecule has 0 saturated heterocycles. The molecule has 0 bridgehead atoms. The summed E-state index contributed by atoms with van der Waals surface area (Å²) < 4.78 is 2.84. The van der Waals surface area contributed by atoms with Crippen LogP contribution in [-0.2, 0) is 5.54 Å². The van der Waals surface area contributed by atoms with Gasteiger partial charge in [0, 0.05) is 18.6 Å². The van der Waals surface area contributed by atoms with Crippen LogP contribution in [0, 0.1) is 0 Å². The Kier molecular flexibility index (Phi) is 1.52. The largest absolute Gasteiger partial charge is 0.320 e. The van der Waals surface area contributed by atoms with E-state index in [0.29, 0.717) is 5.78 Å². The monoisotopic (exact) mass is 252 g/mol. The molecule has 1 aliphatic carbocycles. The minimum absolute atomic E-state index is 0.180. The summed E-state index contributed by atoms with van der Waals surface area (Å²) in [5.41, 5.74) is 6.82. The molecule has 0 atom stereocenters. The molecule has 2 N–H and O–H groups in total. The Morgan fingerprint density at radius 1 is 1.43 bits per heavy atom. The van der Waals surface area contributed by atoms with Gasteiger partial charge in [0.1, 0.15) is 0 Å². The van der Waals surface area contributed by atoms with Gasteiger partial charge in [-0.2, -0.15) is 0 Å². The Morgan fingerprint density at radius 3 is 2.93 bits per heavy atom. The highest BCUT2D eigenvalue weighted by molar-refractivity contribution is 9.10. The van der Waals surface area contributed by atoms with Gasteiger partial charge in [0.2, 0.25) is 5.78 Å². The van der Waals surface area contributed by atoms with Crippen molar-refractivity contribution in [2.45, 2.75) is 18.4 Å². The Bertz CT molecular complexity index is 500. The molecular formula is C9H9BrN4. The lowest BCUT2D eigenvalue weighted by Gasteiger charge is -2.00. The van der Waals surface area contributed by atoms with Crippen molar-refractivity contribution >= 4 is 21.7 Å². The number of rotatable bonds is 1. The Hall–Kier alpha value is -0.940. The third-order valence-corrected chi connectivity index (χ3v) is 2.99. The third kappa shape index (κ3) is 1.16. The molecule has 0 aliphatic heterocycles. The highest BCUT2D eigenvalue weighted by atomic mass is 79.9. The van der Waals surface area contributed by atoms with Gasteiger partial charge in [0.25, 0.3) is 0 Å². The predicted molar refractivity (Wildman–Crippen MR) is 55.8 cm³/mol. The van der Waals surface area contributed by atoms with Gasteiger partial charge in [-0.3, -0.25) is 4.40 Å². The van der Waals surface area contributed by atoms with Gasteiger partial charge in [-0.15, -0.1) is 0 Å². The van der Waals surface area contributed by atoms with E-state index in [1.54, 1.807) is 6.20 Å². The van der Waals surface area contributed by atoms with E-state index in [1.165, 1.54) is 0 Å². The van der Waals surface area contributed by atoms with Crippen LogP contribution in [-0.4, -0.2) is 14.4 Å². The van der Waals surface area contributed by atoms with Gasteiger partial charge < -0.3 is 5.73 Å². The fourth-order valence-electron chi connectivity index (χ4n) is 1.49. The Labute approximate surface area is 89.3 Å². The third-order valence-electron chi connectivity index (χ3n) is 2.58. The molecule has 1 fully saturated rings. The maximum absolute atomic E-state index is 6.05. The lowest BCUT2D eigenvalue weighted by molar-refractivity contribution is 0.715. The van der Waals surface area contributed by atoms with Crippen LogP contribution in [0.3, 0.4) is 0 Å². The second-order valence-electron chi connectivity index (χ2n) is 3.76. The molecule has 2 aromatic heterocycles. The molecule has 2 aromatic rings. The van der Waals surface area contributed by atoms with Crippen molar-refractivity contribution in [3.8, 4) is 0 Å². The van der Waals surface area contributed by atoms with Crippen LogP contribution < -0.4 is 5.73 Å². The van der Waals surface area contributed by atoms with E-state index in [9.17, 15) is 0 Å². The first-order chi connectivity index (χ1) is 6.67. The standard InChI is InChI=1S/C9H9BrN4/c10-6-3-12-8-13-7(5-14(8)4-6)9(11)1-2-9/h3-5H,1-2,11H2. The maximum atomic E-state index is 6.05. The van der Waals surface area contributed by atoms with Gasteiger partial charge in [-0.1, -0.05) is 0 Å². The molecule has 0 spiro atoms. The van der Waals surface area contributed by atoms with Gasteiger partial charge in [-0.25, -0.2) is 9.97 Å². The molecule has 14 heavy (non-hydrogen) atoms. The Morgan fingerprint density at radius 2 is 2.21 bits per heavy atom. The van der Waals surface area contributed by atoms with E-state index in [1.807, 2.05) is 16.8 Å². The molecule has 0 amide bonds. The van der Waals surface area contributed by atoms with E-state index >= 15 is 0 Å². The summed E-state index contributed by atoms with van der Waals surface area (Å²) in [5, 5.41) is 0. The van der Waals surface area contributed by atoms with E-state index in [2.05, 4.69) is 25.9 Å². The highest BCUT2D eigenvalue weighted by Crippen LogP contribution is 2.41. The summed E-state index contributed by atoms with van der Waals surface area (Å²) in [4.78, 5) is 8.59. The van der Waals surface area contributed by atoms with Gasteiger partial charge >= 0.3 is 0 Å². The molecule has 4 nitrogen and oxygen atoms in total. The summed E-state index contributed by atoms with van der Waals surface area (Å²) in [7, 11) is 0. The summed E-state index contributed by atoms with van der Waals surface area (Å²) in [5.74, 6) is 0.708. The van der Waals surface area contributed by atoms with E-state index < -0.39 is 0 Å². The second-order valence-corrected chi connectivity index (χ2v) is 4.68. The molecule has 3 rings (SSSR count). The number of hydrogen-bond donors (Lipinski definition) is 1. The van der Waals surface area contributed by atoms with Crippen molar-refractivity contribution < 1.29 is 0 Å². The fourth-order valence-corrected chi connectivity index (χ4v) is 1.81. The quantitative estimate of drug-likeness (QED) is 0.836. The normalized spacial score (nSPS) is 18.7. The minimum Gasteiger partial charge on any atom is -0.320 e. The highest BCUT2D eigenvalue weighted by Gasteiger charge is 2.42. The van der Waals surface area contributed by atoms with Crippen molar-refractivity contribution in [2.75, 3.05) is 0 Å². The number of aromatic nitrogens is 3. The average Bonchev–Trinajstić information content (AvgIpc) is 2.77. The van der Waals surface area contributed by atoms with E-state index in [0.717, 1.165) is 23.0 Å².